The van der Waals surface area contributed by atoms with E-state index < -0.39 is 0 Å². The van der Waals surface area contributed by atoms with Gasteiger partial charge in [-0.3, -0.25) is 14.5 Å². The zero-order valence-electron chi connectivity index (χ0n) is 15.6. The van der Waals surface area contributed by atoms with Gasteiger partial charge in [0.2, 0.25) is 5.91 Å². The molecule has 3 rings (SSSR count). The van der Waals surface area contributed by atoms with Crippen LogP contribution in [0, 0.1) is 0 Å². The van der Waals surface area contributed by atoms with Gasteiger partial charge < -0.3 is 19.9 Å². The van der Waals surface area contributed by atoms with Gasteiger partial charge in [0.1, 0.15) is 11.4 Å². The summed E-state index contributed by atoms with van der Waals surface area (Å²) in [6.07, 6.45) is 2.20. The first-order chi connectivity index (χ1) is 13.2. The third-order valence-corrected chi connectivity index (χ3v) is 4.81. The van der Waals surface area contributed by atoms with Crippen molar-refractivity contribution in [2.75, 3.05) is 39.8 Å². The van der Waals surface area contributed by atoms with Crippen LogP contribution in [0.1, 0.15) is 22.5 Å². The number of nitrogens with one attached hydrogen (secondary N) is 2. The Morgan fingerprint density at radius 3 is 2.59 bits per heavy atom. The van der Waals surface area contributed by atoms with Gasteiger partial charge in [0.05, 0.1) is 7.11 Å². The van der Waals surface area contributed by atoms with Crippen molar-refractivity contribution >= 4 is 11.8 Å². The molecule has 0 spiro atoms. The molecule has 2 aromatic rings. The molecule has 1 saturated heterocycles. The Hall–Kier alpha value is -2.80. The number of para-hydroxylation sites is 1. The fraction of sp³-hybridized carbons (Fsp3) is 0.400. The van der Waals surface area contributed by atoms with Gasteiger partial charge in [-0.05, 0) is 18.2 Å². The van der Waals surface area contributed by atoms with Crippen molar-refractivity contribution in [2.24, 2.45) is 0 Å². The summed E-state index contributed by atoms with van der Waals surface area (Å²) < 4.78 is 5.29. The standard InChI is InChI=1S/C20H26N4O3/c1-27-18-7-3-2-5-16(18)15-22-19(25)8-10-23-11-13-24(14-12-23)20(26)17-6-4-9-21-17/h2-7,9,21H,8,10-15H2,1H3,(H,22,25). The number of piperazine rings is 1. The number of carbonyl (C=O) groups excluding carboxylic acids is 2. The van der Waals surface area contributed by atoms with Crippen molar-refractivity contribution < 1.29 is 14.3 Å². The first-order valence-electron chi connectivity index (χ1n) is 9.21. The summed E-state index contributed by atoms with van der Waals surface area (Å²) >= 11 is 0. The van der Waals surface area contributed by atoms with Crippen molar-refractivity contribution in [3.05, 3.63) is 53.9 Å². The number of H-pyrrole nitrogens is 1. The van der Waals surface area contributed by atoms with Crippen molar-refractivity contribution in [3.8, 4) is 5.75 Å². The van der Waals surface area contributed by atoms with Gasteiger partial charge in [-0.25, -0.2) is 0 Å². The number of ether oxygens (including phenoxy) is 1. The van der Waals surface area contributed by atoms with Gasteiger partial charge in [0.25, 0.3) is 5.91 Å². The Morgan fingerprint density at radius 1 is 1.11 bits per heavy atom. The molecule has 0 bridgehead atoms. The smallest absolute Gasteiger partial charge is 0.270 e. The molecule has 0 unspecified atom stereocenters. The fourth-order valence-corrected chi connectivity index (χ4v) is 3.20. The van der Waals surface area contributed by atoms with Crippen molar-refractivity contribution in [3.63, 3.8) is 0 Å². The van der Waals surface area contributed by atoms with E-state index in [0.717, 1.165) is 24.4 Å². The van der Waals surface area contributed by atoms with Crippen LogP contribution in [-0.2, 0) is 11.3 Å². The molecule has 2 N–H and O–H groups in total. The first kappa shape index (κ1) is 19.0. The highest BCUT2D eigenvalue weighted by Gasteiger charge is 2.22. The molecule has 1 aromatic carbocycles. The molecule has 1 aliphatic rings. The van der Waals surface area contributed by atoms with Crippen molar-refractivity contribution in [1.82, 2.24) is 20.1 Å². The zero-order valence-corrected chi connectivity index (χ0v) is 15.6. The molecule has 1 aliphatic heterocycles. The summed E-state index contributed by atoms with van der Waals surface area (Å²) in [5, 5.41) is 2.94. The maximum Gasteiger partial charge on any atom is 0.270 e. The van der Waals surface area contributed by atoms with E-state index in [4.69, 9.17) is 4.74 Å². The van der Waals surface area contributed by atoms with Crippen molar-refractivity contribution in [2.45, 2.75) is 13.0 Å². The summed E-state index contributed by atoms with van der Waals surface area (Å²) in [5.41, 5.74) is 1.59. The molecule has 27 heavy (non-hydrogen) atoms. The summed E-state index contributed by atoms with van der Waals surface area (Å²) in [6.45, 7) is 4.09. The van der Waals surface area contributed by atoms with E-state index in [1.807, 2.05) is 35.2 Å². The van der Waals surface area contributed by atoms with Crippen LogP contribution in [0.3, 0.4) is 0 Å². The number of hydrogen-bond donors (Lipinski definition) is 2. The number of aromatic amines is 1. The summed E-state index contributed by atoms with van der Waals surface area (Å²) in [7, 11) is 1.63. The number of methoxy groups -OCH3 is 1. The second-order valence-corrected chi connectivity index (χ2v) is 6.56. The second kappa shape index (κ2) is 9.23. The average Bonchev–Trinajstić information content (AvgIpc) is 3.25. The molecule has 0 atom stereocenters. The third kappa shape index (κ3) is 5.10. The Labute approximate surface area is 159 Å². The van der Waals surface area contributed by atoms with Gasteiger partial charge in [0.15, 0.2) is 0 Å². The Morgan fingerprint density at radius 2 is 1.89 bits per heavy atom. The minimum Gasteiger partial charge on any atom is -0.496 e. The van der Waals surface area contributed by atoms with Gasteiger partial charge in [-0.15, -0.1) is 0 Å². The van der Waals surface area contributed by atoms with E-state index in [9.17, 15) is 9.59 Å². The van der Waals surface area contributed by atoms with E-state index >= 15 is 0 Å². The monoisotopic (exact) mass is 370 g/mol. The molecule has 2 amide bonds. The zero-order chi connectivity index (χ0) is 19.1. The molecule has 0 saturated carbocycles. The maximum atomic E-state index is 12.3. The number of carbonyl (C=O) groups is 2. The SMILES string of the molecule is COc1ccccc1CNC(=O)CCN1CCN(C(=O)c2ccc[nH]2)CC1. The van der Waals surface area contributed by atoms with Crippen LogP contribution in [-0.4, -0.2) is 66.4 Å². The fourth-order valence-electron chi connectivity index (χ4n) is 3.20. The van der Waals surface area contributed by atoms with E-state index in [0.29, 0.717) is 38.3 Å². The lowest BCUT2D eigenvalue weighted by atomic mass is 10.2. The molecule has 2 heterocycles. The van der Waals surface area contributed by atoms with Gasteiger partial charge in [-0.2, -0.15) is 0 Å². The molecule has 7 heteroatoms. The van der Waals surface area contributed by atoms with Gasteiger partial charge in [-0.1, -0.05) is 18.2 Å². The summed E-state index contributed by atoms with van der Waals surface area (Å²) in [6, 6.07) is 11.3. The highest BCUT2D eigenvalue weighted by atomic mass is 16.5. The van der Waals surface area contributed by atoms with E-state index in [1.165, 1.54) is 0 Å². The number of nitrogens with zero attached hydrogens (tertiary/aromatic N) is 2. The minimum absolute atomic E-state index is 0.0193. The average molecular weight is 370 g/mol. The van der Waals surface area contributed by atoms with E-state index in [-0.39, 0.29) is 11.8 Å². The highest BCUT2D eigenvalue weighted by molar-refractivity contribution is 5.92. The van der Waals surface area contributed by atoms with E-state index in [1.54, 1.807) is 19.4 Å². The predicted molar refractivity (Wildman–Crippen MR) is 103 cm³/mol. The number of hydrogen-bond acceptors (Lipinski definition) is 4. The first-order valence-corrected chi connectivity index (χ1v) is 9.21. The number of aromatic nitrogens is 1. The van der Waals surface area contributed by atoms with Crippen LogP contribution < -0.4 is 10.1 Å². The summed E-state index contributed by atoms with van der Waals surface area (Å²) in [5.74, 6) is 0.834. The molecular formula is C20H26N4O3. The van der Waals surface area contributed by atoms with Crippen LogP contribution in [0.5, 0.6) is 5.75 Å². The molecule has 144 valence electrons. The molecular weight excluding hydrogens is 344 g/mol. The van der Waals surface area contributed by atoms with Gasteiger partial charge >= 0.3 is 0 Å². The Balaban J connectivity index is 1.37. The number of rotatable bonds is 7. The third-order valence-electron chi connectivity index (χ3n) is 4.81. The largest absolute Gasteiger partial charge is 0.496 e. The quantitative estimate of drug-likeness (QED) is 0.774. The van der Waals surface area contributed by atoms with E-state index in [2.05, 4.69) is 15.2 Å². The van der Waals surface area contributed by atoms with Crippen LogP contribution in [0.25, 0.3) is 0 Å². The normalized spacial score (nSPS) is 14.8. The predicted octanol–water partition coefficient (Wildman–Crippen LogP) is 1.49. The van der Waals surface area contributed by atoms with Crippen LogP contribution in [0.2, 0.25) is 0 Å². The molecule has 0 radical (unpaired) electrons. The van der Waals surface area contributed by atoms with Crippen LogP contribution >= 0.6 is 0 Å². The van der Waals surface area contributed by atoms with Crippen LogP contribution in [0.4, 0.5) is 0 Å². The van der Waals surface area contributed by atoms with Crippen LogP contribution in [0.15, 0.2) is 42.6 Å². The second-order valence-electron chi connectivity index (χ2n) is 6.56. The Bertz CT molecular complexity index is 752. The topological polar surface area (TPSA) is 77.7 Å². The van der Waals surface area contributed by atoms with Crippen molar-refractivity contribution in [1.29, 1.82) is 0 Å². The molecule has 1 fully saturated rings. The molecule has 0 aliphatic carbocycles. The number of benzene rings is 1. The lowest BCUT2D eigenvalue weighted by Crippen LogP contribution is -2.49. The highest BCUT2D eigenvalue weighted by Crippen LogP contribution is 2.16. The summed E-state index contributed by atoms with van der Waals surface area (Å²) in [4.78, 5) is 31.5. The Kier molecular flexibility index (Phi) is 6.49. The lowest BCUT2D eigenvalue weighted by Gasteiger charge is -2.34. The molecule has 1 aromatic heterocycles. The lowest BCUT2D eigenvalue weighted by molar-refractivity contribution is -0.121. The minimum atomic E-state index is 0.0193. The van der Waals surface area contributed by atoms with Gasteiger partial charge in [0, 0.05) is 57.4 Å². The molecule has 7 nitrogen and oxygen atoms in total. The maximum absolute atomic E-state index is 12.3. The number of amides is 2.